The van der Waals surface area contributed by atoms with Crippen LogP contribution in [-0.2, 0) is 13.0 Å². The van der Waals surface area contributed by atoms with Gasteiger partial charge < -0.3 is 4.57 Å². The third-order valence-corrected chi connectivity index (χ3v) is 4.45. The molecule has 7 heteroatoms. The van der Waals surface area contributed by atoms with Crippen LogP contribution in [0.25, 0.3) is 11.2 Å². The molecule has 0 radical (unpaired) electrons. The van der Waals surface area contributed by atoms with E-state index in [9.17, 15) is 0 Å². The average Bonchev–Trinajstić information content (AvgIpc) is 2.95. The van der Waals surface area contributed by atoms with Gasteiger partial charge in [-0.15, -0.1) is 22.9 Å². The van der Waals surface area contributed by atoms with E-state index in [2.05, 4.69) is 35.4 Å². The Balaban J connectivity index is 2.08. The van der Waals surface area contributed by atoms with Crippen LogP contribution in [0.3, 0.4) is 0 Å². The van der Waals surface area contributed by atoms with Crippen molar-refractivity contribution in [2.75, 3.05) is 5.88 Å². The molecule has 0 aromatic carbocycles. The Bertz CT molecular complexity index is 752. The van der Waals surface area contributed by atoms with Crippen molar-refractivity contribution in [2.45, 2.75) is 19.9 Å². The molecule has 0 bridgehead atoms. The minimum absolute atomic E-state index is 0.548. The first-order valence-corrected chi connectivity index (χ1v) is 8.29. The van der Waals surface area contributed by atoms with E-state index < -0.39 is 0 Å². The van der Waals surface area contributed by atoms with Crippen LogP contribution < -0.4 is 0 Å². The Hall–Kier alpha value is -0.980. The van der Waals surface area contributed by atoms with Crippen LogP contribution >= 0.6 is 38.9 Å². The van der Waals surface area contributed by atoms with Gasteiger partial charge in [0.1, 0.15) is 11.3 Å². The first-order valence-electron chi connectivity index (χ1n) is 6.15. The lowest BCUT2D eigenvalue weighted by molar-refractivity contribution is 0.755. The normalized spacial score (nSPS) is 11.3. The zero-order valence-electron chi connectivity index (χ0n) is 10.8. The van der Waals surface area contributed by atoms with Crippen LogP contribution in [0.5, 0.6) is 0 Å². The largest absolute Gasteiger partial charge is 0.307 e. The van der Waals surface area contributed by atoms with E-state index in [1.807, 2.05) is 19.2 Å². The molecule has 0 saturated carbocycles. The van der Waals surface area contributed by atoms with Crippen LogP contribution in [0.2, 0.25) is 0 Å². The predicted molar refractivity (Wildman–Crippen MR) is 85.6 cm³/mol. The Morgan fingerprint density at radius 2 is 2.20 bits per heavy atom. The molecule has 0 aliphatic carbocycles. The topological polar surface area (TPSA) is 43.6 Å². The number of alkyl halides is 1. The van der Waals surface area contributed by atoms with Gasteiger partial charge in [0.15, 0.2) is 5.65 Å². The fourth-order valence-electron chi connectivity index (χ4n) is 2.11. The van der Waals surface area contributed by atoms with Gasteiger partial charge in [-0.1, -0.05) is 0 Å². The number of rotatable bonds is 4. The minimum Gasteiger partial charge on any atom is -0.307 e. The molecule has 0 atom stereocenters. The van der Waals surface area contributed by atoms with Gasteiger partial charge in [0.25, 0.3) is 0 Å². The van der Waals surface area contributed by atoms with Crippen molar-refractivity contribution >= 4 is 50.0 Å². The molecular weight excluding hydrogens is 360 g/mol. The summed E-state index contributed by atoms with van der Waals surface area (Å²) in [5.74, 6) is 1.51. The van der Waals surface area contributed by atoms with Gasteiger partial charge in [0.05, 0.1) is 11.6 Å². The second-order valence-corrected chi connectivity index (χ2v) is 7.01. The summed E-state index contributed by atoms with van der Waals surface area (Å²) in [6.45, 7) is 2.75. The van der Waals surface area contributed by atoms with Gasteiger partial charge in [-0.25, -0.2) is 15.0 Å². The fraction of sp³-hybridized carbons (Fsp3) is 0.308. The number of imidazole rings is 1. The van der Waals surface area contributed by atoms with Crippen molar-refractivity contribution in [3.8, 4) is 0 Å². The second-order valence-electron chi connectivity index (χ2n) is 4.40. The Morgan fingerprint density at radius 1 is 1.35 bits per heavy atom. The fourth-order valence-corrected chi connectivity index (χ4v) is 3.38. The summed E-state index contributed by atoms with van der Waals surface area (Å²) in [5, 5.41) is 1.07. The molecule has 0 spiro atoms. The molecule has 3 rings (SSSR count). The molecule has 0 amide bonds. The van der Waals surface area contributed by atoms with Gasteiger partial charge in [0, 0.05) is 34.0 Å². The number of nitrogens with zero attached hydrogens (tertiary/aromatic N) is 4. The molecule has 0 unspecified atom stereocenters. The van der Waals surface area contributed by atoms with Gasteiger partial charge in [-0.3, -0.25) is 0 Å². The number of halogens is 2. The molecule has 0 N–H and O–H groups in total. The smallest absolute Gasteiger partial charge is 0.160 e. The lowest BCUT2D eigenvalue weighted by Gasteiger charge is -2.05. The number of thiazole rings is 1. The van der Waals surface area contributed by atoms with Crippen LogP contribution in [0.4, 0.5) is 0 Å². The number of aryl methyl sites for hydroxylation is 2. The zero-order chi connectivity index (χ0) is 14.1. The highest BCUT2D eigenvalue weighted by atomic mass is 79.9. The van der Waals surface area contributed by atoms with Gasteiger partial charge in [0.2, 0.25) is 0 Å². The van der Waals surface area contributed by atoms with Gasteiger partial charge >= 0.3 is 0 Å². The van der Waals surface area contributed by atoms with Crippen LogP contribution in [-0.4, -0.2) is 25.4 Å². The second kappa shape index (κ2) is 5.79. The van der Waals surface area contributed by atoms with E-state index >= 15 is 0 Å². The van der Waals surface area contributed by atoms with Crippen LogP contribution in [0.15, 0.2) is 22.9 Å². The highest BCUT2D eigenvalue weighted by Crippen LogP contribution is 2.22. The summed E-state index contributed by atoms with van der Waals surface area (Å²) in [4.78, 5) is 14.6. The first-order chi connectivity index (χ1) is 9.67. The Morgan fingerprint density at radius 3 is 2.90 bits per heavy atom. The van der Waals surface area contributed by atoms with E-state index in [0.717, 1.165) is 39.4 Å². The number of fused-ring (bicyclic) bond motifs is 1. The molecule has 0 saturated heterocycles. The van der Waals surface area contributed by atoms with Gasteiger partial charge in [-0.2, -0.15) is 0 Å². The van der Waals surface area contributed by atoms with Crippen molar-refractivity contribution < 1.29 is 0 Å². The highest BCUT2D eigenvalue weighted by molar-refractivity contribution is 9.10. The number of aromatic nitrogens is 4. The molecule has 0 aliphatic heterocycles. The molecule has 4 nitrogen and oxygen atoms in total. The van der Waals surface area contributed by atoms with E-state index in [1.165, 1.54) is 4.88 Å². The van der Waals surface area contributed by atoms with Crippen LogP contribution in [0, 0.1) is 6.92 Å². The molecule has 3 aromatic rings. The SMILES string of the molecule is Cc1ncc(Cn2c(CCCl)nc3cc(Br)cnc32)s1. The Kier molecular flexibility index (Phi) is 4.05. The summed E-state index contributed by atoms with van der Waals surface area (Å²) in [5.41, 5.74) is 1.78. The first kappa shape index (κ1) is 14.0. The predicted octanol–water partition coefficient (Wildman–Crippen LogP) is 3.79. The summed E-state index contributed by atoms with van der Waals surface area (Å²) < 4.78 is 3.05. The third kappa shape index (κ3) is 2.73. The maximum Gasteiger partial charge on any atom is 0.160 e. The molecular formula is C13H12BrClN4S. The summed E-state index contributed by atoms with van der Waals surface area (Å²) in [6, 6.07) is 1.98. The molecule has 0 aliphatic rings. The van der Waals surface area contributed by atoms with E-state index in [4.69, 9.17) is 11.6 Å². The van der Waals surface area contributed by atoms with E-state index in [1.54, 1.807) is 17.5 Å². The van der Waals surface area contributed by atoms with E-state index in [-0.39, 0.29) is 0 Å². The van der Waals surface area contributed by atoms with E-state index in [0.29, 0.717) is 5.88 Å². The molecule has 104 valence electrons. The standard InChI is InChI=1S/C13H12BrClN4S/c1-8-16-6-10(20-8)7-19-12(2-3-15)18-11-4-9(14)5-17-13(11)19/h4-6H,2-3,7H2,1H3. The van der Waals surface area contributed by atoms with Gasteiger partial charge in [-0.05, 0) is 28.9 Å². The Labute approximate surface area is 134 Å². The molecule has 0 fully saturated rings. The maximum absolute atomic E-state index is 5.88. The van der Waals surface area contributed by atoms with Crippen molar-refractivity contribution in [3.05, 3.63) is 38.6 Å². The van der Waals surface area contributed by atoms with Crippen molar-refractivity contribution in [3.63, 3.8) is 0 Å². The summed E-state index contributed by atoms with van der Waals surface area (Å²) >= 11 is 11.0. The summed E-state index contributed by atoms with van der Waals surface area (Å²) in [7, 11) is 0. The zero-order valence-corrected chi connectivity index (χ0v) is 14.0. The van der Waals surface area contributed by atoms with Crippen molar-refractivity contribution in [1.82, 2.24) is 19.5 Å². The summed E-state index contributed by atoms with van der Waals surface area (Å²) in [6.07, 6.45) is 4.44. The number of hydrogen-bond donors (Lipinski definition) is 0. The van der Waals surface area contributed by atoms with Crippen molar-refractivity contribution in [1.29, 1.82) is 0 Å². The molecule has 20 heavy (non-hydrogen) atoms. The number of hydrogen-bond acceptors (Lipinski definition) is 4. The van der Waals surface area contributed by atoms with Crippen LogP contribution in [0.1, 0.15) is 15.7 Å². The molecule has 3 aromatic heterocycles. The number of pyridine rings is 1. The molecule has 3 heterocycles. The highest BCUT2D eigenvalue weighted by Gasteiger charge is 2.13. The average molecular weight is 372 g/mol. The monoisotopic (exact) mass is 370 g/mol. The van der Waals surface area contributed by atoms with Crippen molar-refractivity contribution in [2.24, 2.45) is 0 Å². The lowest BCUT2D eigenvalue weighted by atomic mass is 10.4. The quantitative estimate of drug-likeness (QED) is 0.655. The third-order valence-electron chi connectivity index (χ3n) is 2.93. The maximum atomic E-state index is 5.88. The minimum atomic E-state index is 0.548. The lowest BCUT2D eigenvalue weighted by Crippen LogP contribution is -2.05.